The minimum atomic E-state index is -5.21. The van der Waals surface area contributed by atoms with Gasteiger partial charge >= 0.3 is 6.18 Å². The molecule has 7 nitrogen and oxygen atoms in total. The van der Waals surface area contributed by atoms with Gasteiger partial charge in [0.05, 0.1) is 16.7 Å². The standard InChI is InChI=1S/C33H43ClF3N3O4/c1-22(2)44-26-8-6-7-24(19-26)32(43,33(35,36)37)30(42)40-17-13-31(3,14-18-40)21-23-11-15-39(16-12-23)25-9-10-27(28(34)20-25)29(41)38(4)5/h6-10,19-20,22-23,43H,11-18,21H2,1-5H3. The Labute approximate surface area is 262 Å². The highest BCUT2D eigenvalue weighted by Gasteiger charge is 2.62. The van der Waals surface area contributed by atoms with Crippen LogP contribution < -0.4 is 9.64 Å². The third kappa shape index (κ3) is 7.28. The maximum atomic E-state index is 14.3. The van der Waals surface area contributed by atoms with Crippen LogP contribution in [0.2, 0.25) is 5.02 Å². The molecule has 2 saturated heterocycles. The number of carbonyl (C=O) groups is 2. The van der Waals surface area contributed by atoms with Crippen LogP contribution in [-0.2, 0) is 10.4 Å². The monoisotopic (exact) mass is 637 g/mol. The molecule has 2 amide bonds. The maximum Gasteiger partial charge on any atom is 0.430 e. The van der Waals surface area contributed by atoms with Gasteiger partial charge in [0.2, 0.25) is 0 Å². The van der Waals surface area contributed by atoms with Gasteiger partial charge in [0.1, 0.15) is 5.75 Å². The van der Waals surface area contributed by atoms with Crippen molar-refractivity contribution in [3.8, 4) is 5.75 Å². The van der Waals surface area contributed by atoms with E-state index in [4.69, 9.17) is 16.3 Å². The molecule has 4 rings (SSSR count). The van der Waals surface area contributed by atoms with Crippen molar-refractivity contribution in [3.63, 3.8) is 0 Å². The quantitative estimate of drug-likeness (QED) is 0.357. The number of carbonyl (C=O) groups excluding carboxylic acids is 2. The molecule has 0 radical (unpaired) electrons. The summed E-state index contributed by atoms with van der Waals surface area (Å²) in [5, 5.41) is 11.4. The topological polar surface area (TPSA) is 73.3 Å². The zero-order chi connectivity index (χ0) is 32.4. The lowest BCUT2D eigenvalue weighted by Gasteiger charge is -2.45. The minimum absolute atomic E-state index is 0.123. The Morgan fingerprint density at radius 2 is 1.70 bits per heavy atom. The van der Waals surface area contributed by atoms with Crippen LogP contribution in [0, 0.1) is 11.3 Å². The molecule has 2 fully saturated rings. The predicted molar refractivity (Wildman–Crippen MR) is 165 cm³/mol. The summed E-state index contributed by atoms with van der Waals surface area (Å²) in [7, 11) is 3.37. The van der Waals surface area contributed by atoms with Gasteiger partial charge in [-0.15, -0.1) is 0 Å². The Morgan fingerprint density at radius 1 is 1.07 bits per heavy atom. The summed E-state index contributed by atoms with van der Waals surface area (Å²) < 4.78 is 48.6. The van der Waals surface area contributed by atoms with Crippen LogP contribution in [0.5, 0.6) is 5.75 Å². The molecule has 2 aliphatic heterocycles. The van der Waals surface area contributed by atoms with Gasteiger partial charge in [0, 0.05) is 51.5 Å². The molecule has 2 aliphatic rings. The lowest BCUT2D eigenvalue weighted by Crippen LogP contribution is -2.57. The van der Waals surface area contributed by atoms with E-state index in [0.717, 1.165) is 55.1 Å². The van der Waals surface area contributed by atoms with Crippen molar-refractivity contribution in [2.75, 3.05) is 45.2 Å². The Balaban J connectivity index is 1.36. The number of aliphatic hydroxyl groups is 1. The molecule has 1 unspecified atom stereocenters. The number of benzene rings is 2. The van der Waals surface area contributed by atoms with Crippen LogP contribution in [0.3, 0.4) is 0 Å². The molecular formula is C33H43ClF3N3O4. The average molecular weight is 638 g/mol. The number of hydrogen-bond donors (Lipinski definition) is 1. The normalized spacial score (nSPS) is 19.1. The molecule has 1 atom stereocenters. The summed E-state index contributed by atoms with van der Waals surface area (Å²) in [4.78, 5) is 30.6. The summed E-state index contributed by atoms with van der Waals surface area (Å²) in [6.45, 7) is 7.59. The van der Waals surface area contributed by atoms with E-state index in [9.17, 15) is 27.9 Å². The number of ether oxygens (including phenoxy) is 1. The molecule has 0 aliphatic carbocycles. The van der Waals surface area contributed by atoms with Gasteiger partial charge < -0.3 is 24.5 Å². The summed E-state index contributed by atoms with van der Waals surface area (Å²) >= 11 is 6.42. The molecule has 44 heavy (non-hydrogen) atoms. The first-order valence-electron chi connectivity index (χ1n) is 15.2. The Kier molecular flexibility index (Phi) is 10.1. The minimum Gasteiger partial charge on any atom is -0.491 e. The van der Waals surface area contributed by atoms with Crippen LogP contribution in [0.4, 0.5) is 18.9 Å². The fourth-order valence-electron chi connectivity index (χ4n) is 6.36. The van der Waals surface area contributed by atoms with E-state index >= 15 is 0 Å². The molecule has 0 bridgehead atoms. The van der Waals surface area contributed by atoms with Crippen molar-refractivity contribution in [2.45, 2.75) is 70.8 Å². The van der Waals surface area contributed by atoms with Gasteiger partial charge in [-0.3, -0.25) is 9.59 Å². The molecule has 0 spiro atoms. The van der Waals surface area contributed by atoms with Crippen LogP contribution in [0.25, 0.3) is 0 Å². The first-order valence-corrected chi connectivity index (χ1v) is 15.5. The molecule has 11 heteroatoms. The molecule has 0 aromatic heterocycles. The number of alkyl halides is 3. The van der Waals surface area contributed by atoms with E-state index in [2.05, 4.69) is 11.8 Å². The highest BCUT2D eigenvalue weighted by atomic mass is 35.5. The van der Waals surface area contributed by atoms with E-state index < -0.39 is 23.2 Å². The summed E-state index contributed by atoms with van der Waals surface area (Å²) in [6, 6.07) is 10.6. The highest BCUT2D eigenvalue weighted by molar-refractivity contribution is 6.34. The number of hydrogen-bond acceptors (Lipinski definition) is 5. The highest BCUT2D eigenvalue weighted by Crippen LogP contribution is 2.45. The molecular weight excluding hydrogens is 595 g/mol. The summed E-state index contributed by atoms with van der Waals surface area (Å²) in [6.07, 6.45) is -1.55. The fraction of sp³-hybridized carbons (Fsp3) is 0.576. The molecule has 242 valence electrons. The van der Waals surface area contributed by atoms with Gasteiger partial charge in [-0.1, -0.05) is 30.7 Å². The first kappa shape index (κ1) is 33.9. The molecule has 1 N–H and O–H groups in total. The number of nitrogens with zero attached hydrogens (tertiary/aromatic N) is 3. The first-order chi connectivity index (χ1) is 20.5. The van der Waals surface area contributed by atoms with E-state index in [0.29, 0.717) is 29.3 Å². The zero-order valence-corrected chi connectivity index (χ0v) is 26.8. The number of likely N-dealkylation sites (tertiary alicyclic amines) is 1. The Morgan fingerprint density at radius 3 is 2.25 bits per heavy atom. The van der Waals surface area contributed by atoms with Gasteiger partial charge in [0.25, 0.3) is 17.4 Å². The lowest BCUT2D eigenvalue weighted by molar-refractivity contribution is -0.262. The van der Waals surface area contributed by atoms with Gasteiger partial charge in [0.15, 0.2) is 0 Å². The van der Waals surface area contributed by atoms with Crippen molar-refractivity contribution in [3.05, 3.63) is 58.6 Å². The lowest BCUT2D eigenvalue weighted by atomic mass is 9.71. The van der Waals surface area contributed by atoms with Crippen LogP contribution in [0.15, 0.2) is 42.5 Å². The van der Waals surface area contributed by atoms with E-state index in [1.165, 1.54) is 17.0 Å². The van der Waals surface area contributed by atoms with Crippen molar-refractivity contribution in [2.24, 2.45) is 11.3 Å². The zero-order valence-electron chi connectivity index (χ0n) is 26.1. The van der Waals surface area contributed by atoms with Crippen LogP contribution in [0.1, 0.15) is 68.8 Å². The van der Waals surface area contributed by atoms with Crippen molar-refractivity contribution in [1.29, 1.82) is 0 Å². The number of piperidine rings is 2. The van der Waals surface area contributed by atoms with E-state index in [-0.39, 0.29) is 36.3 Å². The second-order valence-electron chi connectivity index (χ2n) is 13.0. The predicted octanol–water partition coefficient (Wildman–Crippen LogP) is 6.51. The summed E-state index contributed by atoms with van der Waals surface area (Å²) in [5.74, 6) is -0.891. The van der Waals surface area contributed by atoms with Crippen LogP contribution in [-0.4, -0.2) is 79.3 Å². The van der Waals surface area contributed by atoms with Crippen molar-refractivity contribution >= 4 is 29.1 Å². The SMILES string of the molecule is CC(C)Oc1cccc(C(O)(C(=O)N2CCC(C)(CC3CCN(c4ccc(C(=O)N(C)C)c(Cl)c4)CC3)CC2)C(F)(F)F)c1. The molecule has 0 saturated carbocycles. The van der Waals surface area contributed by atoms with Gasteiger partial charge in [-0.2, -0.15) is 13.2 Å². The average Bonchev–Trinajstić information content (AvgIpc) is 2.96. The molecule has 2 aromatic rings. The van der Waals surface area contributed by atoms with Gasteiger partial charge in [-0.05, 0) is 87.6 Å². The van der Waals surface area contributed by atoms with Crippen molar-refractivity contribution < 1.29 is 32.6 Å². The second kappa shape index (κ2) is 13.2. The Hall–Kier alpha value is -2.98. The largest absolute Gasteiger partial charge is 0.491 e. The third-order valence-corrected chi connectivity index (χ3v) is 9.26. The maximum absolute atomic E-state index is 14.3. The smallest absolute Gasteiger partial charge is 0.430 e. The number of anilines is 1. The number of rotatable bonds is 8. The Bertz CT molecular complexity index is 1340. The van der Waals surface area contributed by atoms with Crippen molar-refractivity contribution in [1.82, 2.24) is 9.80 Å². The summed E-state index contributed by atoms with van der Waals surface area (Å²) in [5.41, 5.74) is -2.89. The second-order valence-corrected chi connectivity index (χ2v) is 13.4. The van der Waals surface area contributed by atoms with E-state index in [1.54, 1.807) is 34.0 Å². The number of halogens is 4. The third-order valence-electron chi connectivity index (χ3n) is 8.95. The van der Waals surface area contributed by atoms with Gasteiger partial charge in [-0.25, -0.2) is 0 Å². The number of amides is 2. The molecule has 2 heterocycles. The molecule has 2 aromatic carbocycles. The van der Waals surface area contributed by atoms with Crippen LogP contribution >= 0.6 is 11.6 Å². The van der Waals surface area contributed by atoms with E-state index in [1.807, 2.05) is 12.1 Å². The fourth-order valence-corrected chi connectivity index (χ4v) is 6.62.